The molecular weight excluding hydrogens is 1660 g/mol. The van der Waals surface area contributed by atoms with Gasteiger partial charge in [-0.15, -0.1) is 0 Å². The first-order chi connectivity index (χ1) is 62.0. The Morgan fingerprint density at radius 2 is 1.19 bits per heavy atom. The number of phenols is 1. The molecule has 7 heterocycles. The fourth-order valence-corrected chi connectivity index (χ4v) is 14.6. The number of H-pyrrole nitrogens is 3. The van der Waals surface area contributed by atoms with Crippen LogP contribution >= 0.6 is 11.6 Å². The summed E-state index contributed by atoms with van der Waals surface area (Å²) < 4.78 is 32.4. The first kappa shape index (κ1) is 87.7. The number of carbonyl (C=O) groups excluding carboxylic acids is 5. The van der Waals surface area contributed by atoms with Gasteiger partial charge in [0.15, 0.2) is 29.2 Å². The summed E-state index contributed by atoms with van der Waals surface area (Å²) in [6, 6.07) is 71.9. The van der Waals surface area contributed by atoms with Crippen molar-refractivity contribution >= 4 is 125 Å². The highest BCUT2D eigenvalue weighted by molar-refractivity contribution is 6.36. The van der Waals surface area contributed by atoms with Gasteiger partial charge in [-0.1, -0.05) is 71.8 Å². The van der Waals surface area contributed by atoms with Crippen molar-refractivity contribution in [3.8, 4) is 40.0 Å². The fourth-order valence-electron chi connectivity index (χ4n) is 14.3. The average molecular weight is 1760 g/mol. The topological polar surface area (TPSA) is 412 Å². The van der Waals surface area contributed by atoms with E-state index in [1.807, 2.05) is 195 Å². The summed E-state index contributed by atoms with van der Waals surface area (Å²) >= 11 is 6.58. The molecule has 6 aromatic heterocycles. The molecular formula is C98H91ClN14O16. The maximum Gasteiger partial charge on any atom is 0.364 e. The highest BCUT2D eigenvalue weighted by atomic mass is 35.5. The molecule has 0 saturated carbocycles. The van der Waals surface area contributed by atoms with Crippen LogP contribution in [0.3, 0.4) is 0 Å². The Morgan fingerprint density at radius 3 is 1.77 bits per heavy atom. The normalized spacial score (nSPS) is 14.6. The number of aromatic hydroxyl groups is 2. The first-order valence-electron chi connectivity index (χ1n) is 40.5. The molecule has 10 aromatic carbocycles. The molecule has 0 radical (unpaired) electrons. The number of halogens is 1. The van der Waals surface area contributed by atoms with Crippen LogP contribution in [0.1, 0.15) is 95.2 Å². The molecule has 17 rings (SSSR count). The molecule has 1 saturated heterocycles. The zero-order valence-electron chi connectivity index (χ0n) is 70.7. The van der Waals surface area contributed by atoms with Crippen LogP contribution in [0.25, 0.3) is 66.7 Å². The van der Waals surface area contributed by atoms with Gasteiger partial charge in [0, 0.05) is 118 Å². The Kier molecular flexibility index (Phi) is 25.9. The number of nitro benzene ring substituents is 1. The van der Waals surface area contributed by atoms with Crippen LogP contribution in [0, 0.1) is 17.0 Å². The van der Waals surface area contributed by atoms with E-state index in [0.717, 1.165) is 72.7 Å². The van der Waals surface area contributed by atoms with Gasteiger partial charge >= 0.3 is 11.6 Å². The summed E-state index contributed by atoms with van der Waals surface area (Å²) in [5.41, 5.74) is 10.5. The van der Waals surface area contributed by atoms with Gasteiger partial charge in [-0.05, 0) is 235 Å². The second-order valence-corrected chi connectivity index (χ2v) is 31.4. The number of non-ortho nitro benzene ring substituents is 1. The maximum absolute atomic E-state index is 13.1. The fraction of sp³-hybridized carbons (Fsp3) is 0.143. The Bertz CT molecular complexity index is 7040. The van der Waals surface area contributed by atoms with Crippen molar-refractivity contribution in [1.82, 2.24) is 34.1 Å². The average Bonchev–Trinajstić information content (AvgIpc) is 1.01. The largest absolute Gasteiger partial charge is 0.508 e. The van der Waals surface area contributed by atoms with Crippen LogP contribution in [-0.4, -0.2) is 121 Å². The molecule has 0 unspecified atom stereocenters. The number of fused-ring (bicyclic) bond motifs is 4. The summed E-state index contributed by atoms with van der Waals surface area (Å²) in [6.45, 7) is 8.92. The lowest BCUT2D eigenvalue weighted by molar-refractivity contribution is -0.384. The summed E-state index contributed by atoms with van der Waals surface area (Å²) in [5.74, 6) is -1.50. The number of pyridine rings is 2. The number of para-hydroxylation sites is 4. The zero-order chi connectivity index (χ0) is 90.9. The number of phenolic OH excluding ortho intramolecular Hbond substituents is 1. The molecule has 30 nitrogen and oxygen atoms in total. The number of aromatic nitrogens is 7. The van der Waals surface area contributed by atoms with E-state index in [2.05, 4.69) is 56.2 Å². The van der Waals surface area contributed by atoms with Gasteiger partial charge in [-0.3, -0.25) is 29.3 Å². The Hall–Kier alpha value is -16.2. The number of benzene rings is 10. The number of aromatic amines is 3. The number of methoxy groups -OCH3 is 1. The predicted molar refractivity (Wildman–Crippen MR) is 497 cm³/mol. The molecule has 129 heavy (non-hydrogen) atoms. The number of nitrogens with zero attached hydrogens (tertiary/aromatic N) is 7. The molecule has 0 aliphatic carbocycles. The van der Waals surface area contributed by atoms with Crippen LogP contribution in [0.2, 0.25) is 5.02 Å². The third kappa shape index (κ3) is 20.5. The Morgan fingerprint density at radius 1 is 0.628 bits per heavy atom. The highest BCUT2D eigenvalue weighted by Crippen LogP contribution is 2.42. The van der Waals surface area contributed by atoms with Crippen molar-refractivity contribution < 1.29 is 71.9 Å². The zero-order valence-corrected chi connectivity index (χ0v) is 71.4. The summed E-state index contributed by atoms with van der Waals surface area (Å²) in [4.78, 5) is 117. The number of allylic oxidation sites excluding steroid dienone is 2. The Balaban J connectivity index is 0.000000178. The standard InChI is InChI=1S/C35H37ClN2O11.C34H24N6O2.C29H24N6O3.3H2/c1-16(2)7-9-18-15-19(10-13-22(18)39)31(42)38-25-26(40)20-11-14-23(24(36)28(20)47-33(25)44)46-34-27(41)29(30(45-6)35(4,5)49-34)48-32(43)21-12-8-17(3)37-21;41-33(35-25-9-5-7-23(19-25)31-37-27-11-1-2-12-28(27)38-31)21-15-17-22(18-16-21)34(42)36-26-10-6-8-24(20-26)32-39-29-13-3-4-14-30(29)40-32;1-33-16-13-24(14-17-33)30-21-7-9-23(10-8-21)32-29(36)20-3-5-22(6-4-20)31-27-15-18-34(2)28-12-11-25(35(37)38)19-26(27)28;;;/h7-8,10-15,27,29-30,34,37,39-41H,9H2,1-6H3,(H,38,42);1-20H,(H,35,41)(H,36,42)(H,37,38)(H,39,40);3-19H,1-2H3,(H,32,36);3*1H/t27-,29+,30-,34-;;;;;/m1...../s1. The lowest BCUT2D eigenvalue weighted by atomic mass is 9.89. The van der Waals surface area contributed by atoms with Crippen molar-refractivity contribution in [1.29, 1.82) is 0 Å². The molecule has 0 bridgehead atoms. The quantitative estimate of drug-likeness (QED) is 0.0111. The van der Waals surface area contributed by atoms with Crippen molar-refractivity contribution in [2.75, 3.05) is 28.4 Å². The van der Waals surface area contributed by atoms with E-state index in [1.54, 1.807) is 93.6 Å². The van der Waals surface area contributed by atoms with Gasteiger partial charge in [0.05, 0.1) is 65.6 Å². The molecule has 0 spiro atoms. The molecule has 1 aliphatic heterocycles. The molecule has 1 aliphatic rings. The van der Waals surface area contributed by atoms with Gasteiger partial charge < -0.3 is 84.0 Å². The number of nitrogens with one attached hydrogen (secondary N) is 7. The van der Waals surface area contributed by atoms with Crippen molar-refractivity contribution in [2.24, 2.45) is 24.1 Å². The molecule has 31 heteroatoms. The number of imidazole rings is 2. The number of ether oxygens (including phenoxy) is 4. The molecule has 16 aromatic rings. The molecule has 10 N–H and O–H groups in total. The number of esters is 1. The molecule has 1 fully saturated rings. The number of rotatable bonds is 20. The maximum atomic E-state index is 13.1. The number of anilines is 4. The summed E-state index contributed by atoms with van der Waals surface area (Å²) in [7, 11) is 5.21. The minimum absolute atomic E-state index is 0. The molecule has 4 atom stereocenters. The minimum atomic E-state index is -1.56. The smallest absolute Gasteiger partial charge is 0.364 e. The van der Waals surface area contributed by atoms with Crippen LogP contribution in [-0.2, 0) is 34.7 Å². The number of amides is 4. The first-order valence-corrected chi connectivity index (χ1v) is 40.9. The van der Waals surface area contributed by atoms with E-state index in [1.165, 1.54) is 49.6 Å². The number of hydrogen-bond donors (Lipinski definition) is 10. The van der Waals surface area contributed by atoms with E-state index in [4.69, 9.17) is 35.0 Å². The van der Waals surface area contributed by atoms with E-state index >= 15 is 0 Å². The highest BCUT2D eigenvalue weighted by Gasteiger charge is 2.53. The van der Waals surface area contributed by atoms with Gasteiger partial charge in [-0.25, -0.2) is 29.5 Å². The van der Waals surface area contributed by atoms with Crippen molar-refractivity contribution in [3.05, 3.63) is 354 Å². The van der Waals surface area contributed by atoms with Crippen molar-refractivity contribution in [3.63, 3.8) is 0 Å². The van der Waals surface area contributed by atoms with E-state index < -0.39 is 64.1 Å². The number of hydrogen-bond acceptors (Lipinski definition) is 20. The molecule has 4 amide bonds. The van der Waals surface area contributed by atoms with Crippen LogP contribution in [0.4, 0.5) is 39.8 Å². The van der Waals surface area contributed by atoms with Crippen LogP contribution < -0.4 is 42.3 Å². The van der Waals surface area contributed by atoms with Gasteiger partial charge in [0.2, 0.25) is 6.29 Å². The summed E-state index contributed by atoms with van der Waals surface area (Å²) in [6.07, 6.45) is 2.85. The van der Waals surface area contributed by atoms with E-state index in [-0.39, 0.29) is 66.4 Å². The second-order valence-electron chi connectivity index (χ2n) is 31.0. The third-order valence-corrected chi connectivity index (χ3v) is 21.4. The second kappa shape index (κ2) is 38.1. The van der Waals surface area contributed by atoms with E-state index in [9.17, 15) is 54.2 Å². The predicted octanol–water partition coefficient (Wildman–Crippen LogP) is 18.5. The lowest BCUT2D eigenvalue weighted by Gasteiger charge is -2.47. The third-order valence-electron chi connectivity index (χ3n) is 21.1. The number of aliphatic hydroxyl groups is 1. The Labute approximate surface area is 745 Å². The van der Waals surface area contributed by atoms with Gasteiger partial charge in [0.25, 0.3) is 29.3 Å². The van der Waals surface area contributed by atoms with Gasteiger partial charge in [0.1, 0.15) is 40.0 Å². The van der Waals surface area contributed by atoms with Crippen LogP contribution in [0.5, 0.6) is 17.2 Å². The molecule has 656 valence electrons. The van der Waals surface area contributed by atoms with E-state index in [0.29, 0.717) is 62.2 Å². The van der Waals surface area contributed by atoms with Crippen molar-refractivity contribution in [2.45, 2.75) is 71.2 Å². The number of carbonyl (C=O) groups is 5. The lowest BCUT2D eigenvalue weighted by Crippen LogP contribution is -2.65. The number of aliphatic hydroxyl groups excluding tert-OH is 1. The number of aryl methyl sites for hydroxylation is 3. The van der Waals surface area contributed by atoms with Crippen LogP contribution in [0.15, 0.2) is 298 Å². The van der Waals surface area contributed by atoms with Gasteiger partial charge in [-0.2, -0.15) is 0 Å². The SMILES string of the molecule is CO[C@@H]1[C@@H](OC(=O)c2ccc(C)[nH]2)[C@@H](O)[C@H](Oc2ccc3c(O)c(NC(=O)c4ccc(O)c(CC=C(C)C)c4)c(=O)oc3c2Cl)OC1(C)C.Cn1ccc(=Nc2ccc(NC(=O)c3ccc(N=c4ccn(C)c5ccc([N+](=O)[O-])cc45)cc3)cc2)cc1.O=C(Nc1cccc(-c2nc3ccccc3[nH]2)c1)c1ccc(C(=O)Nc2cccc(-c3nc4ccccc4[nH]3)c2)cc1.[HH].[HH].[HH]. The number of nitro groups is 1. The monoisotopic (exact) mass is 1750 g/mol. The minimum Gasteiger partial charge on any atom is -0.508 e. The summed E-state index contributed by atoms with van der Waals surface area (Å²) in [5, 5.41) is 56.8.